The van der Waals surface area contributed by atoms with Crippen LogP contribution in [-0.2, 0) is 4.74 Å². The van der Waals surface area contributed by atoms with Gasteiger partial charge in [0.1, 0.15) is 11.7 Å². The van der Waals surface area contributed by atoms with Crippen LogP contribution >= 0.6 is 0 Å². The molecule has 0 bridgehead atoms. The number of nitrogen functional groups attached to an aromatic ring is 1. The third kappa shape index (κ3) is 4.24. The van der Waals surface area contributed by atoms with Crippen LogP contribution in [0.25, 0.3) is 0 Å². The normalized spacial score (nSPS) is 18.7. The number of nitrogens with two attached hydrogens (primary N) is 1. The highest BCUT2D eigenvalue weighted by Gasteiger charge is 2.31. The van der Waals surface area contributed by atoms with E-state index in [0.29, 0.717) is 25.2 Å². The van der Waals surface area contributed by atoms with E-state index in [1.54, 1.807) is 4.90 Å². The molecule has 1 aliphatic rings. The van der Waals surface area contributed by atoms with Crippen LogP contribution in [0.5, 0.6) is 5.75 Å². The first-order valence-electron chi connectivity index (χ1n) is 6.94. The molecule has 1 atom stereocenters. The van der Waals surface area contributed by atoms with E-state index >= 15 is 0 Å². The number of ether oxygens (including phenoxy) is 2. The number of anilines is 1. The predicted octanol–water partition coefficient (Wildman–Crippen LogP) is 2.80. The highest BCUT2D eigenvalue weighted by molar-refractivity contribution is 5.68. The van der Waals surface area contributed by atoms with E-state index in [9.17, 15) is 9.18 Å². The van der Waals surface area contributed by atoms with Crippen LogP contribution in [0, 0.1) is 5.82 Å². The van der Waals surface area contributed by atoms with E-state index in [0.717, 1.165) is 0 Å². The summed E-state index contributed by atoms with van der Waals surface area (Å²) in [6.07, 6.45) is 0.00322. The van der Waals surface area contributed by atoms with Crippen molar-refractivity contribution >= 4 is 11.8 Å². The van der Waals surface area contributed by atoms with Crippen LogP contribution in [0.4, 0.5) is 14.9 Å². The van der Waals surface area contributed by atoms with Crippen molar-refractivity contribution < 1.29 is 18.7 Å². The summed E-state index contributed by atoms with van der Waals surface area (Å²) in [6, 6.07) is 4.20. The lowest BCUT2D eigenvalue weighted by molar-refractivity contribution is 0.0275. The summed E-state index contributed by atoms with van der Waals surface area (Å²) in [5.74, 6) is -0.342. The number of carbonyl (C=O) groups is 1. The zero-order chi connectivity index (χ0) is 15.6. The van der Waals surface area contributed by atoms with Crippen LogP contribution in [0.15, 0.2) is 18.2 Å². The van der Waals surface area contributed by atoms with Gasteiger partial charge >= 0.3 is 6.09 Å². The molecule has 5 nitrogen and oxygen atoms in total. The summed E-state index contributed by atoms with van der Waals surface area (Å²) in [4.78, 5) is 13.5. The molecular formula is C15H21FN2O3. The highest BCUT2D eigenvalue weighted by atomic mass is 19.1. The lowest BCUT2D eigenvalue weighted by Gasteiger charge is -2.24. The summed E-state index contributed by atoms with van der Waals surface area (Å²) < 4.78 is 24.5. The Morgan fingerprint density at radius 2 is 2.14 bits per heavy atom. The van der Waals surface area contributed by atoms with Crippen molar-refractivity contribution in [3.63, 3.8) is 0 Å². The minimum Gasteiger partial charge on any atom is -0.485 e. The number of likely N-dealkylation sites (tertiary alicyclic amines) is 1. The van der Waals surface area contributed by atoms with Gasteiger partial charge in [-0.1, -0.05) is 0 Å². The molecule has 1 heterocycles. The minimum atomic E-state index is -0.532. The number of carbonyl (C=O) groups excluding carboxylic acids is 1. The molecule has 1 fully saturated rings. The zero-order valence-corrected chi connectivity index (χ0v) is 12.6. The SMILES string of the molecule is CC(C)(C)OC(=O)N1CC[C@H](Oc2cc(N)ccc2F)C1. The van der Waals surface area contributed by atoms with Crippen LogP contribution in [0.1, 0.15) is 27.2 Å². The van der Waals surface area contributed by atoms with E-state index in [1.165, 1.54) is 18.2 Å². The molecule has 2 rings (SSSR count). The zero-order valence-electron chi connectivity index (χ0n) is 12.6. The van der Waals surface area contributed by atoms with Crippen molar-refractivity contribution in [2.45, 2.75) is 38.9 Å². The first kappa shape index (κ1) is 15.4. The maximum absolute atomic E-state index is 13.6. The number of benzene rings is 1. The molecule has 0 aromatic heterocycles. The van der Waals surface area contributed by atoms with Crippen molar-refractivity contribution in [1.29, 1.82) is 0 Å². The number of amides is 1. The van der Waals surface area contributed by atoms with Crippen molar-refractivity contribution in [2.75, 3.05) is 18.8 Å². The van der Waals surface area contributed by atoms with Crippen LogP contribution in [-0.4, -0.2) is 35.8 Å². The Labute approximate surface area is 123 Å². The van der Waals surface area contributed by atoms with Gasteiger partial charge in [0.05, 0.1) is 6.54 Å². The second-order valence-electron chi connectivity index (χ2n) is 6.14. The van der Waals surface area contributed by atoms with Gasteiger partial charge in [-0.25, -0.2) is 9.18 Å². The van der Waals surface area contributed by atoms with Gasteiger partial charge in [-0.15, -0.1) is 0 Å². The van der Waals surface area contributed by atoms with Crippen molar-refractivity contribution in [1.82, 2.24) is 4.90 Å². The molecule has 1 aromatic rings. The molecule has 0 spiro atoms. The van der Waals surface area contributed by atoms with E-state index in [-0.39, 0.29) is 17.9 Å². The molecule has 0 unspecified atom stereocenters. The second kappa shape index (κ2) is 5.79. The van der Waals surface area contributed by atoms with Crippen molar-refractivity contribution in [2.24, 2.45) is 0 Å². The molecule has 0 radical (unpaired) electrons. The summed E-state index contributed by atoms with van der Waals surface area (Å²) in [5, 5.41) is 0. The fourth-order valence-electron chi connectivity index (χ4n) is 2.11. The predicted molar refractivity (Wildman–Crippen MR) is 77.7 cm³/mol. The van der Waals surface area contributed by atoms with Gasteiger partial charge in [-0.3, -0.25) is 0 Å². The summed E-state index contributed by atoms with van der Waals surface area (Å²) in [7, 11) is 0. The Balaban J connectivity index is 1.93. The fourth-order valence-corrected chi connectivity index (χ4v) is 2.11. The number of nitrogens with zero attached hydrogens (tertiary/aromatic N) is 1. The van der Waals surface area contributed by atoms with Gasteiger partial charge in [-0.05, 0) is 32.9 Å². The summed E-state index contributed by atoms with van der Waals surface area (Å²) in [5.41, 5.74) is 5.52. The Morgan fingerprint density at radius 3 is 2.81 bits per heavy atom. The number of halogens is 1. The lowest BCUT2D eigenvalue weighted by Crippen LogP contribution is -2.36. The molecule has 1 aromatic carbocycles. The average Bonchev–Trinajstić information content (AvgIpc) is 2.80. The largest absolute Gasteiger partial charge is 0.485 e. The van der Waals surface area contributed by atoms with Gasteiger partial charge in [0.25, 0.3) is 0 Å². The number of hydrogen-bond donors (Lipinski definition) is 1. The van der Waals surface area contributed by atoms with Gasteiger partial charge in [0, 0.05) is 24.7 Å². The maximum atomic E-state index is 13.6. The molecule has 1 amide bonds. The van der Waals surface area contributed by atoms with E-state index in [2.05, 4.69) is 0 Å². The maximum Gasteiger partial charge on any atom is 0.410 e. The fraction of sp³-hybridized carbons (Fsp3) is 0.533. The second-order valence-corrected chi connectivity index (χ2v) is 6.14. The molecule has 0 aliphatic carbocycles. The Hall–Kier alpha value is -1.98. The van der Waals surface area contributed by atoms with E-state index in [4.69, 9.17) is 15.2 Å². The Kier molecular flexibility index (Phi) is 4.25. The van der Waals surface area contributed by atoms with E-state index < -0.39 is 11.4 Å². The van der Waals surface area contributed by atoms with Crippen LogP contribution < -0.4 is 10.5 Å². The monoisotopic (exact) mass is 296 g/mol. The smallest absolute Gasteiger partial charge is 0.410 e. The number of rotatable bonds is 2. The van der Waals surface area contributed by atoms with Crippen molar-refractivity contribution in [3.05, 3.63) is 24.0 Å². The van der Waals surface area contributed by atoms with Gasteiger partial charge < -0.3 is 20.1 Å². The van der Waals surface area contributed by atoms with Crippen LogP contribution in [0.3, 0.4) is 0 Å². The summed E-state index contributed by atoms with van der Waals surface area (Å²) in [6.45, 7) is 6.36. The molecule has 1 saturated heterocycles. The third-order valence-corrected chi connectivity index (χ3v) is 3.05. The van der Waals surface area contributed by atoms with Gasteiger partial charge in [-0.2, -0.15) is 0 Å². The third-order valence-electron chi connectivity index (χ3n) is 3.05. The van der Waals surface area contributed by atoms with Gasteiger partial charge in [0.15, 0.2) is 11.6 Å². The standard InChI is InChI=1S/C15H21FN2O3/c1-15(2,3)21-14(19)18-7-6-11(9-18)20-13-8-10(17)4-5-12(13)16/h4-5,8,11H,6-7,9,17H2,1-3H3/t11-/m0/s1. The first-order valence-corrected chi connectivity index (χ1v) is 6.94. The molecule has 116 valence electrons. The average molecular weight is 296 g/mol. The Bertz CT molecular complexity index is 528. The quantitative estimate of drug-likeness (QED) is 0.852. The molecule has 6 heteroatoms. The lowest BCUT2D eigenvalue weighted by atomic mass is 10.2. The number of hydrogen-bond acceptors (Lipinski definition) is 4. The molecule has 21 heavy (non-hydrogen) atoms. The molecule has 2 N–H and O–H groups in total. The highest BCUT2D eigenvalue weighted by Crippen LogP contribution is 2.24. The Morgan fingerprint density at radius 1 is 1.43 bits per heavy atom. The van der Waals surface area contributed by atoms with Crippen LogP contribution in [0.2, 0.25) is 0 Å². The first-order chi connectivity index (χ1) is 9.74. The van der Waals surface area contributed by atoms with Crippen molar-refractivity contribution in [3.8, 4) is 5.75 Å². The molecule has 0 saturated carbocycles. The molecular weight excluding hydrogens is 275 g/mol. The summed E-state index contributed by atoms with van der Waals surface area (Å²) >= 11 is 0. The molecule has 1 aliphatic heterocycles. The minimum absolute atomic E-state index is 0.117. The topological polar surface area (TPSA) is 64.8 Å². The van der Waals surface area contributed by atoms with E-state index in [1.807, 2.05) is 20.8 Å². The van der Waals surface area contributed by atoms with Gasteiger partial charge in [0.2, 0.25) is 0 Å².